The number of carboxylic acids is 1. The van der Waals surface area contributed by atoms with E-state index in [9.17, 15) is 14.4 Å². The summed E-state index contributed by atoms with van der Waals surface area (Å²) in [7, 11) is 0. The van der Waals surface area contributed by atoms with Gasteiger partial charge in [0.2, 0.25) is 0 Å². The minimum Gasteiger partial charge on any atom is -0.492 e. The maximum atomic E-state index is 12.8. The first kappa shape index (κ1) is 26.9. The third-order valence-electron chi connectivity index (χ3n) is 5.72. The molecule has 3 heterocycles. The number of aromatic amines is 2. The molecule has 210 valence electrons. The van der Waals surface area contributed by atoms with Crippen LogP contribution >= 0.6 is 0 Å². The van der Waals surface area contributed by atoms with E-state index in [4.69, 9.17) is 19.3 Å². The van der Waals surface area contributed by atoms with Crippen molar-refractivity contribution in [3.63, 3.8) is 0 Å². The first-order chi connectivity index (χ1) is 20.0. The maximum Gasteiger partial charge on any atom is 0.335 e. The van der Waals surface area contributed by atoms with Crippen LogP contribution in [0.25, 0.3) is 11.0 Å². The Morgan fingerprint density at radius 1 is 1.00 bits per heavy atom. The largest absolute Gasteiger partial charge is 0.492 e. The van der Waals surface area contributed by atoms with E-state index in [1.165, 1.54) is 29.3 Å². The van der Waals surface area contributed by atoms with Crippen molar-refractivity contribution in [2.24, 2.45) is 0 Å². The summed E-state index contributed by atoms with van der Waals surface area (Å²) in [5.74, 6) is -0.655. The predicted octanol–water partition coefficient (Wildman–Crippen LogP) is 1.40. The van der Waals surface area contributed by atoms with Crippen molar-refractivity contribution in [1.29, 1.82) is 0 Å². The second-order valence-corrected chi connectivity index (χ2v) is 8.51. The molecule has 4 N–H and O–H groups in total. The van der Waals surface area contributed by atoms with Crippen LogP contribution in [0.5, 0.6) is 17.5 Å². The number of ether oxygens (including phenoxy) is 3. The first-order valence-electron chi connectivity index (χ1n) is 12.4. The lowest BCUT2D eigenvalue weighted by atomic mass is 10.2. The zero-order valence-corrected chi connectivity index (χ0v) is 21.4. The van der Waals surface area contributed by atoms with Crippen LogP contribution in [0.2, 0.25) is 0 Å². The molecule has 2 aromatic carbocycles. The molecule has 0 aliphatic carbocycles. The second kappa shape index (κ2) is 12.4. The van der Waals surface area contributed by atoms with Gasteiger partial charge in [0.1, 0.15) is 43.2 Å². The van der Waals surface area contributed by atoms with Crippen molar-refractivity contribution in [3.8, 4) is 17.5 Å². The van der Waals surface area contributed by atoms with Crippen LogP contribution in [-0.4, -0.2) is 71.7 Å². The molecule has 15 heteroatoms. The van der Waals surface area contributed by atoms with Gasteiger partial charge in [-0.1, -0.05) is 12.1 Å². The number of carbonyl (C=O) groups excluding carboxylic acids is 1. The Labute approximate surface area is 231 Å². The number of hydrogen-bond donors (Lipinski definition) is 4. The topological polar surface area (TPSA) is 199 Å². The van der Waals surface area contributed by atoms with Gasteiger partial charge in [0.05, 0.1) is 18.3 Å². The molecule has 0 saturated heterocycles. The Morgan fingerprint density at radius 2 is 1.80 bits per heavy atom. The zero-order valence-electron chi connectivity index (χ0n) is 21.4. The van der Waals surface area contributed by atoms with Crippen LogP contribution < -0.4 is 25.1 Å². The Bertz CT molecular complexity index is 1700. The van der Waals surface area contributed by atoms with Gasteiger partial charge in [0.15, 0.2) is 11.3 Å². The Kier molecular flexibility index (Phi) is 8.14. The van der Waals surface area contributed by atoms with Gasteiger partial charge in [0.25, 0.3) is 11.5 Å². The van der Waals surface area contributed by atoms with Crippen LogP contribution in [0.4, 0.5) is 0 Å². The minimum atomic E-state index is -1.03. The molecule has 1 amide bonds. The van der Waals surface area contributed by atoms with E-state index < -0.39 is 17.4 Å². The third-order valence-corrected chi connectivity index (χ3v) is 5.72. The first-order valence-corrected chi connectivity index (χ1v) is 12.4. The van der Waals surface area contributed by atoms with Crippen molar-refractivity contribution >= 4 is 22.9 Å². The van der Waals surface area contributed by atoms with E-state index >= 15 is 0 Å². The number of carboxylic acid groups (broad SMARTS) is 1. The van der Waals surface area contributed by atoms with Crippen molar-refractivity contribution in [2.45, 2.75) is 13.1 Å². The molecule has 3 aromatic heterocycles. The monoisotopic (exact) mass is 560 g/mol. The molecule has 0 unspecified atom stereocenters. The van der Waals surface area contributed by atoms with E-state index in [1.807, 2.05) is 6.07 Å². The molecule has 15 nitrogen and oxygen atoms in total. The summed E-state index contributed by atoms with van der Waals surface area (Å²) in [6, 6.07) is 13.4. The van der Waals surface area contributed by atoms with Gasteiger partial charge >= 0.3 is 12.0 Å². The lowest BCUT2D eigenvalue weighted by Crippen LogP contribution is -2.28. The zero-order chi connectivity index (χ0) is 28.6. The van der Waals surface area contributed by atoms with Crippen molar-refractivity contribution < 1.29 is 28.9 Å². The van der Waals surface area contributed by atoms with Gasteiger partial charge < -0.3 is 29.6 Å². The predicted molar refractivity (Wildman–Crippen MR) is 142 cm³/mol. The average Bonchev–Trinajstić information content (AvgIpc) is 3.65. The number of aromatic nitrogens is 7. The van der Waals surface area contributed by atoms with E-state index in [0.717, 1.165) is 5.56 Å². The van der Waals surface area contributed by atoms with Gasteiger partial charge in [0, 0.05) is 6.54 Å². The number of H-pyrrole nitrogens is 2. The highest BCUT2D eigenvalue weighted by Gasteiger charge is 2.15. The normalized spacial score (nSPS) is 10.8. The maximum absolute atomic E-state index is 12.8. The summed E-state index contributed by atoms with van der Waals surface area (Å²) in [6.07, 6.45) is 2.74. The van der Waals surface area contributed by atoms with Gasteiger partial charge in [-0.3, -0.25) is 14.3 Å². The molecule has 0 radical (unpaired) electrons. The summed E-state index contributed by atoms with van der Waals surface area (Å²) in [4.78, 5) is 47.1. The highest BCUT2D eigenvalue weighted by molar-refractivity contribution is 5.92. The lowest BCUT2D eigenvalue weighted by Gasteiger charge is -2.09. The van der Waals surface area contributed by atoms with Gasteiger partial charge in [-0.15, -0.1) is 0 Å². The molecular weight excluding hydrogens is 536 g/mol. The summed E-state index contributed by atoms with van der Waals surface area (Å²) in [5.41, 5.74) is 0.862. The molecule has 0 fully saturated rings. The summed E-state index contributed by atoms with van der Waals surface area (Å²) < 4.78 is 18.1. The van der Waals surface area contributed by atoms with Crippen molar-refractivity contribution in [2.75, 3.05) is 19.8 Å². The molecule has 0 bridgehead atoms. The fourth-order valence-corrected chi connectivity index (χ4v) is 3.80. The van der Waals surface area contributed by atoms with Gasteiger partial charge in [-0.05, 0) is 42.0 Å². The van der Waals surface area contributed by atoms with Crippen LogP contribution in [0.1, 0.15) is 26.5 Å². The Balaban J connectivity index is 1.14. The van der Waals surface area contributed by atoms with E-state index in [2.05, 4.69) is 35.6 Å². The standard InChI is InChI=1S/C26H24N8O7/c35-23-21-20(14-30-34(21)8-9-39-18-6-4-17(5-7-18)25(37)38)31-22(32-23)24(36)27-13-16-2-1-3-19(12-16)40-10-11-41-26-28-15-29-33-26/h1-7,12,14-15H,8-11,13H2,(H,27,36)(H,37,38)(H,28,29,33)(H,31,32,35). The number of carbonyl (C=O) groups is 2. The third kappa shape index (κ3) is 6.83. The van der Waals surface area contributed by atoms with E-state index in [1.54, 1.807) is 30.3 Å². The lowest BCUT2D eigenvalue weighted by molar-refractivity contribution is 0.0696. The summed E-state index contributed by atoms with van der Waals surface area (Å²) in [5, 5.41) is 22.2. The van der Waals surface area contributed by atoms with E-state index in [-0.39, 0.29) is 55.3 Å². The Morgan fingerprint density at radius 3 is 2.59 bits per heavy atom. The quantitative estimate of drug-likeness (QED) is 0.152. The van der Waals surface area contributed by atoms with Crippen molar-refractivity contribution in [1.82, 2.24) is 40.2 Å². The number of rotatable bonds is 13. The molecule has 0 aliphatic heterocycles. The fraction of sp³-hybridized carbons (Fsp3) is 0.192. The number of nitrogens with one attached hydrogen (secondary N) is 3. The number of aromatic carboxylic acids is 1. The Hall–Kier alpha value is -5.73. The number of hydrogen-bond acceptors (Lipinski definition) is 10. The minimum absolute atomic E-state index is 0.145. The molecule has 0 atom stereocenters. The molecule has 0 aliphatic rings. The highest BCUT2D eigenvalue weighted by Crippen LogP contribution is 2.15. The van der Waals surface area contributed by atoms with Gasteiger partial charge in [-0.2, -0.15) is 15.2 Å². The number of benzene rings is 2. The molecule has 0 saturated carbocycles. The summed E-state index contributed by atoms with van der Waals surface area (Å²) in [6.45, 7) is 1.12. The van der Waals surface area contributed by atoms with Crippen LogP contribution in [0.15, 0.2) is 65.8 Å². The van der Waals surface area contributed by atoms with Crippen LogP contribution in [-0.2, 0) is 13.1 Å². The SMILES string of the molecule is O=C(O)c1ccc(OCCn2ncc3nc(C(=O)NCc4cccc(OCCOc5ncn[nH]5)c4)[nH]c(=O)c32)cc1. The molecule has 41 heavy (non-hydrogen) atoms. The van der Waals surface area contributed by atoms with E-state index in [0.29, 0.717) is 17.5 Å². The molecule has 0 spiro atoms. The fourth-order valence-electron chi connectivity index (χ4n) is 3.80. The molecule has 5 aromatic rings. The smallest absolute Gasteiger partial charge is 0.335 e. The molecule has 5 rings (SSSR count). The number of nitrogens with zero attached hydrogens (tertiary/aromatic N) is 5. The highest BCUT2D eigenvalue weighted by atomic mass is 16.5. The van der Waals surface area contributed by atoms with Gasteiger partial charge in [-0.25, -0.2) is 14.9 Å². The second-order valence-electron chi connectivity index (χ2n) is 8.51. The number of fused-ring (bicyclic) bond motifs is 1. The average molecular weight is 561 g/mol. The summed E-state index contributed by atoms with van der Waals surface area (Å²) >= 11 is 0. The van der Waals surface area contributed by atoms with Crippen LogP contribution in [0.3, 0.4) is 0 Å². The van der Waals surface area contributed by atoms with Crippen molar-refractivity contribution in [3.05, 3.63) is 88.4 Å². The number of amides is 1. The van der Waals surface area contributed by atoms with Crippen LogP contribution in [0, 0.1) is 0 Å². The molecular formula is C26H24N8O7.